The second-order valence-corrected chi connectivity index (χ2v) is 4.66. The molecule has 1 fully saturated rings. The van der Waals surface area contributed by atoms with Gasteiger partial charge in [-0.15, -0.1) is 0 Å². The maximum Gasteiger partial charge on any atom is 0.227 e. The molecule has 1 rings (SSSR count). The summed E-state index contributed by atoms with van der Waals surface area (Å²) in [6.07, 6.45) is 4.77. The molecule has 2 N–H and O–H groups in total. The predicted molar refractivity (Wildman–Crippen MR) is 68.9 cm³/mol. The molecule has 1 aliphatic rings. The van der Waals surface area contributed by atoms with Gasteiger partial charge in [-0.3, -0.25) is 4.79 Å². The highest BCUT2D eigenvalue weighted by Gasteiger charge is 2.32. The number of hydrogen-bond acceptors (Lipinski definition) is 3. The van der Waals surface area contributed by atoms with Crippen molar-refractivity contribution in [3.05, 3.63) is 0 Å². The van der Waals surface area contributed by atoms with E-state index in [0.717, 1.165) is 19.5 Å². The van der Waals surface area contributed by atoms with Gasteiger partial charge in [-0.25, -0.2) is 0 Å². The molecule has 1 saturated heterocycles. The van der Waals surface area contributed by atoms with Crippen molar-refractivity contribution in [2.45, 2.75) is 45.6 Å². The summed E-state index contributed by atoms with van der Waals surface area (Å²) in [7, 11) is 0. The van der Waals surface area contributed by atoms with Crippen LogP contribution in [0.15, 0.2) is 0 Å². The van der Waals surface area contributed by atoms with Crippen molar-refractivity contribution in [1.82, 2.24) is 10.6 Å². The fraction of sp³-hybridized carbons (Fsp3) is 0.923. The Morgan fingerprint density at radius 2 is 2.06 bits per heavy atom. The van der Waals surface area contributed by atoms with Crippen molar-refractivity contribution in [2.24, 2.45) is 5.92 Å². The number of carbonyl (C=O) groups is 1. The summed E-state index contributed by atoms with van der Waals surface area (Å²) < 4.78 is 5.36. The van der Waals surface area contributed by atoms with E-state index in [1.807, 2.05) is 0 Å². The fourth-order valence-electron chi connectivity index (χ4n) is 2.17. The van der Waals surface area contributed by atoms with Crippen LogP contribution < -0.4 is 10.6 Å². The molecule has 0 aromatic rings. The molecule has 100 valence electrons. The predicted octanol–water partition coefficient (Wildman–Crippen LogP) is 1.31. The molecule has 2 unspecified atom stereocenters. The molecule has 0 spiro atoms. The molecule has 4 heteroatoms. The minimum Gasteiger partial charge on any atom is -0.379 e. The molecule has 1 heterocycles. The Hall–Kier alpha value is -0.610. The number of hydrogen-bond donors (Lipinski definition) is 2. The Labute approximate surface area is 104 Å². The largest absolute Gasteiger partial charge is 0.379 e. The molecule has 1 aliphatic heterocycles. The van der Waals surface area contributed by atoms with Crippen LogP contribution in [0.4, 0.5) is 0 Å². The highest BCUT2D eigenvalue weighted by atomic mass is 16.5. The summed E-state index contributed by atoms with van der Waals surface area (Å²) in [6, 6.07) is 0.190. The summed E-state index contributed by atoms with van der Waals surface area (Å²) in [4.78, 5) is 11.9. The lowest BCUT2D eigenvalue weighted by atomic mass is 10.0. The lowest BCUT2D eigenvalue weighted by molar-refractivity contribution is -0.125. The van der Waals surface area contributed by atoms with Gasteiger partial charge in [0.1, 0.15) is 0 Å². The Bertz CT molecular complexity index is 221. The molecule has 0 aliphatic carbocycles. The Kier molecular flexibility index (Phi) is 7.21. The molecule has 0 aromatic carbocycles. The van der Waals surface area contributed by atoms with Gasteiger partial charge >= 0.3 is 0 Å². The van der Waals surface area contributed by atoms with E-state index in [-0.39, 0.29) is 17.9 Å². The molecule has 1 amide bonds. The second-order valence-electron chi connectivity index (χ2n) is 4.66. The summed E-state index contributed by atoms with van der Waals surface area (Å²) in [5.41, 5.74) is 0. The second kappa shape index (κ2) is 8.48. The highest BCUT2D eigenvalue weighted by Crippen LogP contribution is 2.13. The third-order valence-corrected chi connectivity index (χ3v) is 3.21. The van der Waals surface area contributed by atoms with E-state index < -0.39 is 0 Å². The first-order valence-corrected chi connectivity index (χ1v) is 6.88. The smallest absolute Gasteiger partial charge is 0.227 e. The monoisotopic (exact) mass is 242 g/mol. The number of amides is 1. The zero-order valence-electron chi connectivity index (χ0n) is 11.1. The van der Waals surface area contributed by atoms with Crippen LogP contribution in [0.25, 0.3) is 0 Å². The van der Waals surface area contributed by atoms with Gasteiger partial charge in [-0.05, 0) is 13.0 Å². The number of ether oxygens (including phenoxy) is 1. The van der Waals surface area contributed by atoms with Gasteiger partial charge in [0.15, 0.2) is 0 Å². The third kappa shape index (κ3) is 5.04. The minimum atomic E-state index is -0.0128. The molecule has 17 heavy (non-hydrogen) atoms. The number of carbonyl (C=O) groups excluding carboxylic acids is 1. The van der Waals surface area contributed by atoms with E-state index in [0.29, 0.717) is 13.2 Å². The van der Waals surface area contributed by atoms with Crippen LogP contribution in [-0.4, -0.2) is 38.3 Å². The zero-order valence-corrected chi connectivity index (χ0v) is 11.1. The Morgan fingerprint density at radius 3 is 2.76 bits per heavy atom. The minimum absolute atomic E-state index is 0.0128. The molecule has 0 aromatic heterocycles. The number of rotatable bonds is 8. The molecule has 4 nitrogen and oxygen atoms in total. The first-order chi connectivity index (χ1) is 8.29. The van der Waals surface area contributed by atoms with Crippen molar-refractivity contribution >= 4 is 5.91 Å². The van der Waals surface area contributed by atoms with E-state index >= 15 is 0 Å². The number of likely N-dealkylation sites (N-methyl/N-ethyl adjacent to an activating group) is 1. The van der Waals surface area contributed by atoms with Crippen molar-refractivity contribution < 1.29 is 9.53 Å². The van der Waals surface area contributed by atoms with Gasteiger partial charge in [0.25, 0.3) is 0 Å². The van der Waals surface area contributed by atoms with Crippen molar-refractivity contribution in [2.75, 3.05) is 26.3 Å². The van der Waals surface area contributed by atoms with Crippen LogP contribution in [0.2, 0.25) is 0 Å². The maximum absolute atomic E-state index is 11.9. The van der Waals surface area contributed by atoms with Crippen LogP contribution in [0.1, 0.15) is 39.5 Å². The maximum atomic E-state index is 11.9. The first-order valence-electron chi connectivity index (χ1n) is 6.88. The van der Waals surface area contributed by atoms with Crippen LogP contribution in [-0.2, 0) is 9.53 Å². The van der Waals surface area contributed by atoms with E-state index in [1.165, 1.54) is 19.3 Å². The SMILES string of the molecule is CCCCCCNC(=O)C1COCC1NCC. The number of unbranched alkanes of at least 4 members (excludes halogenated alkanes) is 3. The van der Waals surface area contributed by atoms with E-state index in [9.17, 15) is 4.79 Å². The van der Waals surface area contributed by atoms with Crippen molar-refractivity contribution in [1.29, 1.82) is 0 Å². The van der Waals surface area contributed by atoms with Gasteiger partial charge in [-0.2, -0.15) is 0 Å². The molecule has 0 bridgehead atoms. The van der Waals surface area contributed by atoms with Gasteiger partial charge < -0.3 is 15.4 Å². The molecule has 2 atom stereocenters. The van der Waals surface area contributed by atoms with Crippen molar-refractivity contribution in [3.8, 4) is 0 Å². The average Bonchev–Trinajstić information content (AvgIpc) is 2.77. The normalized spacial score (nSPS) is 23.9. The van der Waals surface area contributed by atoms with E-state index in [2.05, 4.69) is 24.5 Å². The number of nitrogens with one attached hydrogen (secondary N) is 2. The summed E-state index contributed by atoms with van der Waals surface area (Å²) in [5.74, 6) is 0.131. The van der Waals surface area contributed by atoms with Crippen LogP contribution in [0.5, 0.6) is 0 Å². The topological polar surface area (TPSA) is 50.4 Å². The molecule has 0 radical (unpaired) electrons. The van der Waals surface area contributed by atoms with E-state index in [1.54, 1.807) is 0 Å². The third-order valence-electron chi connectivity index (χ3n) is 3.21. The summed E-state index contributed by atoms with van der Waals surface area (Å²) >= 11 is 0. The van der Waals surface area contributed by atoms with Gasteiger partial charge in [-0.1, -0.05) is 33.1 Å². The fourth-order valence-corrected chi connectivity index (χ4v) is 2.17. The summed E-state index contributed by atoms with van der Waals surface area (Å²) in [5, 5.41) is 6.31. The molecule has 0 saturated carbocycles. The van der Waals surface area contributed by atoms with Gasteiger partial charge in [0, 0.05) is 12.6 Å². The average molecular weight is 242 g/mol. The van der Waals surface area contributed by atoms with Crippen LogP contribution in [0.3, 0.4) is 0 Å². The van der Waals surface area contributed by atoms with Crippen LogP contribution in [0, 0.1) is 5.92 Å². The van der Waals surface area contributed by atoms with Crippen molar-refractivity contribution in [3.63, 3.8) is 0 Å². The van der Waals surface area contributed by atoms with E-state index in [4.69, 9.17) is 4.74 Å². The Balaban J connectivity index is 2.17. The lowest BCUT2D eigenvalue weighted by Gasteiger charge is -2.17. The zero-order chi connectivity index (χ0) is 12.5. The van der Waals surface area contributed by atoms with Gasteiger partial charge in [0.05, 0.1) is 19.1 Å². The van der Waals surface area contributed by atoms with Crippen LogP contribution >= 0.6 is 0 Å². The Morgan fingerprint density at radius 1 is 1.24 bits per heavy atom. The highest BCUT2D eigenvalue weighted by molar-refractivity contribution is 5.79. The molecular weight excluding hydrogens is 216 g/mol. The van der Waals surface area contributed by atoms with Gasteiger partial charge in [0.2, 0.25) is 5.91 Å². The molecular formula is C13H26N2O2. The standard InChI is InChI=1S/C13H26N2O2/c1-3-5-6-7-8-15-13(16)11-9-17-10-12(11)14-4-2/h11-12,14H,3-10H2,1-2H3,(H,15,16). The quantitative estimate of drug-likeness (QED) is 0.631. The first kappa shape index (κ1) is 14.5. The lowest BCUT2D eigenvalue weighted by Crippen LogP contribution is -2.44. The summed E-state index contributed by atoms with van der Waals surface area (Å²) in [6.45, 7) is 7.14.